The highest BCUT2D eigenvalue weighted by atomic mass is 16.6. The van der Waals surface area contributed by atoms with Gasteiger partial charge in [0, 0.05) is 5.56 Å². The van der Waals surface area contributed by atoms with Gasteiger partial charge in [-0.1, -0.05) is 18.2 Å². The summed E-state index contributed by atoms with van der Waals surface area (Å²) in [6, 6.07) is 7.24. The molecule has 0 aromatic heterocycles. The van der Waals surface area contributed by atoms with E-state index in [4.69, 9.17) is 10.1 Å². The Morgan fingerprint density at radius 3 is 2.67 bits per heavy atom. The zero-order chi connectivity index (χ0) is 10.4. The van der Waals surface area contributed by atoms with Crippen LogP contribution in [0, 0.1) is 5.41 Å². The second kappa shape index (κ2) is 2.90. The Hall–Kier alpha value is -1.68. The number of epoxide rings is 1. The quantitative estimate of drug-likeness (QED) is 0.723. The number of nitrogens with zero attached hydrogens (tertiary/aromatic N) is 1. The van der Waals surface area contributed by atoms with Gasteiger partial charge in [0.05, 0.1) is 24.8 Å². The normalized spacial score (nSPS) is 23.2. The van der Waals surface area contributed by atoms with E-state index in [9.17, 15) is 4.79 Å². The van der Waals surface area contributed by atoms with Gasteiger partial charge in [-0.3, -0.25) is 15.1 Å². The first kappa shape index (κ1) is 8.61. The van der Waals surface area contributed by atoms with Crippen molar-refractivity contribution < 1.29 is 9.53 Å². The lowest BCUT2D eigenvalue weighted by molar-refractivity contribution is 0.0851. The number of ether oxygens (including phenoxy) is 1. The van der Waals surface area contributed by atoms with Crippen LogP contribution in [-0.4, -0.2) is 35.9 Å². The molecule has 2 aliphatic heterocycles. The summed E-state index contributed by atoms with van der Waals surface area (Å²) < 4.78 is 5.08. The van der Waals surface area contributed by atoms with Crippen molar-refractivity contribution in [3.05, 3.63) is 35.4 Å². The Bertz CT molecular complexity index is 417. The highest BCUT2D eigenvalue weighted by molar-refractivity contribution is 6.22. The number of fused-ring (bicyclic) bond motifs is 1. The number of nitrogens with one attached hydrogen (secondary N) is 1. The molecule has 2 aliphatic rings. The van der Waals surface area contributed by atoms with Crippen LogP contribution in [0.15, 0.2) is 24.3 Å². The molecule has 1 fully saturated rings. The smallest absolute Gasteiger partial charge is 0.260 e. The predicted molar refractivity (Wildman–Crippen MR) is 54.0 cm³/mol. The summed E-state index contributed by atoms with van der Waals surface area (Å²) in [5, 5.41) is 7.89. The Kier molecular flexibility index (Phi) is 1.67. The minimum Gasteiger partial charge on any atom is -0.371 e. The molecule has 4 nitrogen and oxygen atoms in total. The first-order chi connectivity index (χ1) is 7.27. The van der Waals surface area contributed by atoms with Gasteiger partial charge in [-0.15, -0.1) is 0 Å². The maximum Gasteiger partial charge on any atom is 0.260 e. The van der Waals surface area contributed by atoms with Crippen molar-refractivity contribution in [3.63, 3.8) is 0 Å². The van der Waals surface area contributed by atoms with E-state index < -0.39 is 0 Å². The summed E-state index contributed by atoms with van der Waals surface area (Å²) in [7, 11) is 0. The van der Waals surface area contributed by atoms with Crippen LogP contribution in [0.1, 0.15) is 15.9 Å². The molecule has 3 rings (SSSR count). The fourth-order valence-electron chi connectivity index (χ4n) is 1.82. The van der Waals surface area contributed by atoms with E-state index in [0.29, 0.717) is 24.6 Å². The summed E-state index contributed by atoms with van der Waals surface area (Å²) in [5.41, 5.74) is 1.35. The van der Waals surface area contributed by atoms with Gasteiger partial charge in [0.2, 0.25) is 0 Å². The molecule has 0 saturated carbocycles. The van der Waals surface area contributed by atoms with Gasteiger partial charge in [0.25, 0.3) is 5.91 Å². The SMILES string of the molecule is N=C1c2ccccc2C(=O)N1CC1CO1. The summed E-state index contributed by atoms with van der Waals surface area (Å²) in [6.45, 7) is 1.21. The molecule has 15 heavy (non-hydrogen) atoms. The lowest BCUT2D eigenvalue weighted by Crippen LogP contribution is -2.33. The third kappa shape index (κ3) is 1.26. The van der Waals surface area contributed by atoms with E-state index in [-0.39, 0.29) is 12.0 Å². The number of hydrogen-bond acceptors (Lipinski definition) is 3. The molecule has 0 aliphatic carbocycles. The van der Waals surface area contributed by atoms with Crippen molar-refractivity contribution in [1.82, 2.24) is 4.90 Å². The largest absolute Gasteiger partial charge is 0.371 e. The monoisotopic (exact) mass is 202 g/mol. The Morgan fingerprint density at radius 1 is 1.40 bits per heavy atom. The Balaban J connectivity index is 1.96. The lowest BCUT2D eigenvalue weighted by Gasteiger charge is -2.13. The van der Waals surface area contributed by atoms with Gasteiger partial charge >= 0.3 is 0 Å². The van der Waals surface area contributed by atoms with E-state index in [2.05, 4.69) is 0 Å². The molecule has 0 spiro atoms. The van der Waals surface area contributed by atoms with Crippen molar-refractivity contribution in [2.24, 2.45) is 0 Å². The molecule has 1 amide bonds. The third-order valence-corrected chi connectivity index (χ3v) is 2.72. The van der Waals surface area contributed by atoms with Crippen LogP contribution in [0.5, 0.6) is 0 Å². The molecule has 1 N–H and O–H groups in total. The number of rotatable bonds is 2. The average molecular weight is 202 g/mol. The van der Waals surface area contributed by atoms with Crippen LogP contribution in [0.4, 0.5) is 0 Å². The molecule has 1 aromatic rings. The van der Waals surface area contributed by atoms with Crippen LogP contribution in [-0.2, 0) is 4.74 Å². The second-order valence-corrected chi connectivity index (χ2v) is 3.77. The van der Waals surface area contributed by atoms with Gasteiger partial charge in [-0.2, -0.15) is 0 Å². The van der Waals surface area contributed by atoms with E-state index in [1.807, 2.05) is 18.2 Å². The van der Waals surface area contributed by atoms with Crippen LogP contribution in [0.2, 0.25) is 0 Å². The van der Waals surface area contributed by atoms with E-state index >= 15 is 0 Å². The highest BCUT2D eigenvalue weighted by Crippen LogP contribution is 2.24. The van der Waals surface area contributed by atoms with Gasteiger partial charge < -0.3 is 4.74 Å². The van der Waals surface area contributed by atoms with Gasteiger partial charge in [-0.05, 0) is 6.07 Å². The van der Waals surface area contributed by atoms with Crippen molar-refractivity contribution in [3.8, 4) is 0 Å². The van der Waals surface area contributed by atoms with Crippen LogP contribution >= 0.6 is 0 Å². The van der Waals surface area contributed by atoms with E-state index in [1.165, 1.54) is 4.90 Å². The average Bonchev–Trinajstić information content (AvgIpc) is 3.04. The molecule has 76 valence electrons. The molecule has 2 heterocycles. The highest BCUT2D eigenvalue weighted by Gasteiger charge is 2.36. The van der Waals surface area contributed by atoms with Crippen molar-refractivity contribution in [2.45, 2.75) is 6.10 Å². The van der Waals surface area contributed by atoms with Gasteiger partial charge in [0.15, 0.2) is 0 Å². The molecule has 4 heteroatoms. The first-order valence-corrected chi connectivity index (χ1v) is 4.89. The Labute approximate surface area is 87.0 Å². The summed E-state index contributed by atoms with van der Waals surface area (Å²) in [4.78, 5) is 13.4. The first-order valence-electron chi connectivity index (χ1n) is 4.89. The zero-order valence-corrected chi connectivity index (χ0v) is 8.06. The lowest BCUT2D eigenvalue weighted by atomic mass is 10.1. The third-order valence-electron chi connectivity index (χ3n) is 2.72. The number of benzene rings is 1. The van der Waals surface area contributed by atoms with Crippen LogP contribution in [0.3, 0.4) is 0 Å². The van der Waals surface area contributed by atoms with E-state index in [1.54, 1.807) is 6.07 Å². The zero-order valence-electron chi connectivity index (χ0n) is 8.06. The number of amides is 1. The molecule has 1 aromatic carbocycles. The number of amidine groups is 1. The van der Waals surface area contributed by atoms with Crippen molar-refractivity contribution >= 4 is 11.7 Å². The molecular weight excluding hydrogens is 192 g/mol. The fourth-order valence-corrected chi connectivity index (χ4v) is 1.82. The van der Waals surface area contributed by atoms with Gasteiger partial charge in [0.1, 0.15) is 5.84 Å². The minimum absolute atomic E-state index is 0.0777. The molecule has 0 radical (unpaired) electrons. The van der Waals surface area contributed by atoms with Gasteiger partial charge in [-0.25, -0.2) is 0 Å². The predicted octanol–water partition coefficient (Wildman–Crippen LogP) is 0.867. The molecule has 1 unspecified atom stereocenters. The molecule has 1 saturated heterocycles. The van der Waals surface area contributed by atoms with Crippen molar-refractivity contribution in [2.75, 3.05) is 13.2 Å². The number of hydrogen-bond donors (Lipinski definition) is 1. The Morgan fingerprint density at radius 2 is 2.07 bits per heavy atom. The van der Waals surface area contributed by atoms with Crippen LogP contribution in [0.25, 0.3) is 0 Å². The van der Waals surface area contributed by atoms with Crippen LogP contribution < -0.4 is 0 Å². The van der Waals surface area contributed by atoms with Crippen molar-refractivity contribution in [1.29, 1.82) is 5.41 Å². The molecular formula is C11H10N2O2. The second-order valence-electron chi connectivity index (χ2n) is 3.77. The molecule has 0 bridgehead atoms. The van der Waals surface area contributed by atoms with E-state index in [0.717, 1.165) is 5.56 Å². The maximum atomic E-state index is 11.9. The maximum absolute atomic E-state index is 11.9. The summed E-state index contributed by atoms with van der Waals surface area (Å²) in [5.74, 6) is 0.220. The minimum atomic E-state index is -0.0777. The standard InChI is InChI=1S/C11H10N2O2/c12-10-8-3-1-2-4-9(8)11(14)13(10)5-7-6-15-7/h1-4,7,12H,5-6H2. The fraction of sp³-hybridized carbons (Fsp3) is 0.273. The summed E-state index contributed by atoms with van der Waals surface area (Å²) >= 11 is 0. The number of carbonyl (C=O) groups is 1. The summed E-state index contributed by atoms with van der Waals surface area (Å²) in [6.07, 6.45) is 0.128. The number of carbonyl (C=O) groups excluding carboxylic acids is 1. The molecule has 1 atom stereocenters. The topological polar surface area (TPSA) is 56.7 Å².